The van der Waals surface area contributed by atoms with Crippen molar-refractivity contribution in [2.45, 2.75) is 18.9 Å². The third-order valence-electron chi connectivity index (χ3n) is 3.63. The largest absolute Gasteiger partial charge is 0.493 e. The molecular weight excluding hydrogens is 303 g/mol. The summed E-state index contributed by atoms with van der Waals surface area (Å²) in [5.74, 6) is -7.28. The minimum atomic E-state index is -1.76. The number of hydrogen-bond acceptors (Lipinski definition) is 3. The van der Waals surface area contributed by atoms with E-state index in [0.717, 1.165) is 13.3 Å². The van der Waals surface area contributed by atoms with E-state index in [9.17, 15) is 22.8 Å². The molecule has 2 aromatic rings. The topological polar surface area (TPSA) is 68.5 Å². The van der Waals surface area contributed by atoms with Crippen LogP contribution in [0, 0.1) is 17.5 Å². The van der Waals surface area contributed by atoms with Gasteiger partial charge in [0.05, 0.1) is 18.0 Å². The lowest BCUT2D eigenvalue weighted by molar-refractivity contribution is 0.0695. The fourth-order valence-corrected chi connectivity index (χ4v) is 2.46. The van der Waals surface area contributed by atoms with E-state index in [-0.39, 0.29) is 6.04 Å². The maximum absolute atomic E-state index is 14.2. The quantitative estimate of drug-likeness (QED) is 0.884. The summed E-state index contributed by atoms with van der Waals surface area (Å²) < 4.78 is 47.5. The molecule has 1 aromatic carbocycles. The molecule has 1 aliphatic rings. The average Bonchev–Trinajstić information content (AvgIpc) is 3.30. The number of ether oxygens (including phenoxy) is 1. The number of hydrogen-bond donors (Lipinski definition) is 1. The van der Waals surface area contributed by atoms with Crippen LogP contribution in [-0.2, 0) is 0 Å². The predicted molar refractivity (Wildman–Crippen MR) is 69.9 cm³/mol. The molecule has 1 aromatic heterocycles. The van der Waals surface area contributed by atoms with Crippen LogP contribution >= 0.6 is 0 Å². The fourth-order valence-electron chi connectivity index (χ4n) is 2.46. The van der Waals surface area contributed by atoms with Crippen LogP contribution in [0.4, 0.5) is 13.2 Å². The average molecular weight is 313 g/mol. The van der Waals surface area contributed by atoms with Crippen molar-refractivity contribution in [1.29, 1.82) is 0 Å². The summed E-state index contributed by atoms with van der Waals surface area (Å²) in [6.45, 7) is 0. The molecule has 0 radical (unpaired) electrons. The van der Waals surface area contributed by atoms with Crippen LogP contribution in [0.15, 0.2) is 11.0 Å². The van der Waals surface area contributed by atoms with Crippen molar-refractivity contribution in [3.05, 3.63) is 39.4 Å². The molecule has 0 spiro atoms. The Bertz CT molecular complexity index is 871. The van der Waals surface area contributed by atoms with Gasteiger partial charge in [0.25, 0.3) is 0 Å². The number of nitrogens with zero attached hydrogens (tertiary/aromatic N) is 1. The first-order chi connectivity index (χ1) is 10.4. The number of carboxylic acids is 1. The number of carboxylic acid groups (broad SMARTS) is 1. The molecule has 1 N–H and O–H groups in total. The van der Waals surface area contributed by atoms with Gasteiger partial charge in [-0.25, -0.2) is 13.6 Å². The first-order valence-electron chi connectivity index (χ1n) is 6.41. The number of aromatic nitrogens is 1. The highest BCUT2D eigenvalue weighted by Gasteiger charge is 2.32. The third kappa shape index (κ3) is 1.87. The smallest absolute Gasteiger partial charge is 0.341 e. The lowest BCUT2D eigenvalue weighted by atomic mass is 10.1. The van der Waals surface area contributed by atoms with E-state index in [2.05, 4.69) is 4.74 Å². The molecule has 116 valence electrons. The van der Waals surface area contributed by atoms with E-state index < -0.39 is 51.1 Å². The Labute approximate surface area is 121 Å². The normalized spacial score (nSPS) is 14.4. The van der Waals surface area contributed by atoms with Gasteiger partial charge in [-0.2, -0.15) is 4.39 Å². The second kappa shape index (κ2) is 4.75. The molecule has 0 bridgehead atoms. The number of aromatic carboxylic acids is 1. The van der Waals surface area contributed by atoms with Gasteiger partial charge >= 0.3 is 5.97 Å². The lowest BCUT2D eigenvalue weighted by Crippen LogP contribution is -2.21. The Kier molecular flexibility index (Phi) is 3.12. The lowest BCUT2D eigenvalue weighted by Gasteiger charge is -2.15. The second-order valence-electron chi connectivity index (χ2n) is 5.01. The molecule has 0 saturated heterocycles. The molecule has 1 fully saturated rings. The Hall–Kier alpha value is -2.51. The van der Waals surface area contributed by atoms with Gasteiger partial charge in [0.15, 0.2) is 17.4 Å². The zero-order valence-electron chi connectivity index (χ0n) is 11.3. The third-order valence-corrected chi connectivity index (χ3v) is 3.63. The molecule has 1 saturated carbocycles. The zero-order valence-corrected chi connectivity index (χ0v) is 11.3. The summed E-state index contributed by atoms with van der Waals surface area (Å²) in [5, 5.41) is 8.49. The Morgan fingerprint density at radius 1 is 1.27 bits per heavy atom. The maximum Gasteiger partial charge on any atom is 0.341 e. The van der Waals surface area contributed by atoms with Crippen LogP contribution < -0.4 is 10.2 Å². The number of methoxy groups -OCH3 is 1. The van der Waals surface area contributed by atoms with Gasteiger partial charge in [-0.05, 0) is 12.8 Å². The van der Waals surface area contributed by atoms with E-state index in [1.54, 1.807) is 0 Å². The Morgan fingerprint density at radius 2 is 1.91 bits per heavy atom. The molecule has 22 heavy (non-hydrogen) atoms. The van der Waals surface area contributed by atoms with Gasteiger partial charge in [-0.15, -0.1) is 0 Å². The van der Waals surface area contributed by atoms with Crippen LogP contribution in [-0.4, -0.2) is 22.8 Å². The number of fused-ring (bicyclic) bond motifs is 1. The highest BCUT2D eigenvalue weighted by Crippen LogP contribution is 2.40. The summed E-state index contributed by atoms with van der Waals surface area (Å²) in [5.41, 5.74) is -2.24. The number of benzene rings is 1. The number of rotatable bonds is 3. The van der Waals surface area contributed by atoms with Gasteiger partial charge in [-0.1, -0.05) is 0 Å². The second-order valence-corrected chi connectivity index (χ2v) is 5.01. The van der Waals surface area contributed by atoms with Gasteiger partial charge < -0.3 is 14.4 Å². The fraction of sp³-hybridized carbons (Fsp3) is 0.286. The summed E-state index contributed by atoms with van der Waals surface area (Å²) in [6.07, 6.45) is 2.21. The molecule has 0 amide bonds. The minimum Gasteiger partial charge on any atom is -0.493 e. The first kappa shape index (κ1) is 14.4. The van der Waals surface area contributed by atoms with E-state index >= 15 is 0 Å². The van der Waals surface area contributed by atoms with E-state index in [4.69, 9.17) is 5.11 Å². The van der Waals surface area contributed by atoms with Gasteiger partial charge in [0.2, 0.25) is 11.2 Å². The molecule has 5 nitrogen and oxygen atoms in total. The highest BCUT2D eigenvalue weighted by atomic mass is 19.2. The van der Waals surface area contributed by atoms with Crippen LogP contribution in [0.5, 0.6) is 5.75 Å². The van der Waals surface area contributed by atoms with Crippen molar-refractivity contribution in [2.75, 3.05) is 7.11 Å². The summed E-state index contributed by atoms with van der Waals surface area (Å²) in [4.78, 5) is 23.4. The molecule has 0 unspecified atom stereocenters. The first-order valence-corrected chi connectivity index (χ1v) is 6.41. The SMILES string of the molecule is COc1c(F)c(F)c(F)c2c1c(=O)c(C(=O)O)cn2C1CC1. The minimum absolute atomic E-state index is 0.259. The van der Waals surface area contributed by atoms with Crippen molar-refractivity contribution in [1.82, 2.24) is 4.57 Å². The molecule has 0 atom stereocenters. The number of halogens is 3. The van der Waals surface area contributed by atoms with E-state index in [0.29, 0.717) is 12.8 Å². The van der Waals surface area contributed by atoms with E-state index in [1.807, 2.05) is 0 Å². The molecule has 1 heterocycles. The summed E-state index contributed by atoms with van der Waals surface area (Å²) in [7, 11) is 0.990. The summed E-state index contributed by atoms with van der Waals surface area (Å²) in [6, 6.07) is -0.259. The van der Waals surface area contributed by atoms with Crippen molar-refractivity contribution >= 4 is 16.9 Å². The highest BCUT2D eigenvalue weighted by molar-refractivity contribution is 5.95. The molecule has 0 aliphatic heterocycles. The number of pyridine rings is 1. The predicted octanol–water partition coefficient (Wildman–Crippen LogP) is 2.46. The maximum atomic E-state index is 14.2. The number of carbonyl (C=O) groups is 1. The van der Waals surface area contributed by atoms with Crippen LogP contribution in [0.2, 0.25) is 0 Å². The van der Waals surface area contributed by atoms with Crippen molar-refractivity contribution in [3.8, 4) is 5.75 Å². The Morgan fingerprint density at radius 3 is 2.41 bits per heavy atom. The Balaban J connectivity index is 2.60. The van der Waals surface area contributed by atoms with Gasteiger partial charge in [-0.3, -0.25) is 4.79 Å². The molecule has 3 rings (SSSR count). The molecule has 8 heteroatoms. The van der Waals surface area contributed by atoms with Crippen molar-refractivity contribution < 1.29 is 27.8 Å². The van der Waals surface area contributed by atoms with Crippen LogP contribution in [0.3, 0.4) is 0 Å². The molecular formula is C14H10F3NO4. The zero-order chi connectivity index (χ0) is 16.2. The van der Waals surface area contributed by atoms with Crippen LogP contribution in [0.1, 0.15) is 29.2 Å². The standard InChI is InChI=1S/C14H10F3NO4/c1-22-13-7-11(9(16)8(15)10(13)17)18(5-2-3-5)4-6(12(7)19)14(20)21/h4-5H,2-3H2,1H3,(H,20,21). The van der Waals surface area contributed by atoms with Crippen molar-refractivity contribution in [2.24, 2.45) is 0 Å². The van der Waals surface area contributed by atoms with Crippen LogP contribution in [0.25, 0.3) is 10.9 Å². The van der Waals surface area contributed by atoms with Crippen molar-refractivity contribution in [3.63, 3.8) is 0 Å². The van der Waals surface area contributed by atoms with Gasteiger partial charge in [0, 0.05) is 12.2 Å². The van der Waals surface area contributed by atoms with E-state index in [1.165, 1.54) is 4.57 Å². The molecule has 1 aliphatic carbocycles. The summed E-state index contributed by atoms with van der Waals surface area (Å²) >= 11 is 0. The monoisotopic (exact) mass is 313 g/mol. The van der Waals surface area contributed by atoms with Gasteiger partial charge in [0.1, 0.15) is 5.56 Å².